The van der Waals surface area contributed by atoms with E-state index in [4.69, 9.17) is 87.5 Å². The highest BCUT2D eigenvalue weighted by Gasteiger charge is 2.70. The SMILES string of the molecule is CNc1cc(F)cc2c1Cc1nc(Oc3cnc4cccnc4c3)nc(N3CC4C(N)C4C3)c1-2.CNc1cc(F)cc2c1Cc1nc(Oc3cnc4cccnc4c3)nc(N3CC4CC4(N)C3)c1-2.CNc1cc(F)cc2c1Cc1nc(Oc3cnc4cccnc4c3)nc(N3C[C@@H]4[C@H](C3)C4(N)C(N)=O)c1-2.CNc1cc(F)cc2c1Cc1nc(Oc3cnc4cccnc4c3)nc(N3C[C@H](N)C4(CC4)C3)c1-2. The zero-order valence-corrected chi connectivity index (χ0v) is 76.2. The van der Waals surface area contributed by atoms with E-state index in [0.29, 0.717) is 110 Å². The molecular formula is C102H91F4N29O5. The van der Waals surface area contributed by atoms with Gasteiger partial charge in [0.25, 0.3) is 0 Å². The fraction of sp³-hybridized carbons (Fsp3) is 0.284. The zero-order valence-electron chi connectivity index (χ0n) is 76.2. The van der Waals surface area contributed by atoms with Crippen LogP contribution < -0.4 is 88.5 Å². The Hall–Kier alpha value is -15.9. The number of anilines is 8. The van der Waals surface area contributed by atoms with Crippen LogP contribution in [0.2, 0.25) is 0 Å². The molecule has 16 heterocycles. The molecule has 14 N–H and O–H groups in total. The standard InChI is InChI=1S/C26H23FN8O2.C26H24FN7O.2C25H22FN7O/c1-30-19-6-12(27)5-15-14(19)8-21-22(15)23(35-10-16-17(11-35)26(16,29)24(28)36)34-25(33-21)37-13-7-20-18(32-9-13)3-2-4-31-20;1-29-19-8-14(27)7-17-16(19)10-21-23(17)24(34-12-22(28)26(13-34)4-5-26)33-25(32-21)35-15-9-20-18(31-11-15)3-2-6-30-20;1-28-19-6-14(26)5-17-16(19)8-21-22(17)23(33-11-13-9-25(13,27)12-33)32-24(31-21)34-15-7-20-18(30-10-15)3-2-4-29-20;1-28-19-6-12(26)5-15-14(19)8-21-22(15)24(33-10-16-17(11-33)23(16)27)32-25(31-21)34-13-7-20-18(30-9-13)3-2-4-29-20/h2-7,9,16-17,30H,8,10-11,29H2,1H3,(H2,28,36);2-3,6-9,11,22,29H,4-5,10,12-13,28H2,1H3;2-7,10,13,28H,8-9,11-12,27H2,1H3;2-7,9,16-17,23,28H,8,10-11,27H2,1H3/t16-,17+,26?;22-;;/m.0../s1. The molecule has 1 spiro atoms. The number of nitrogens with one attached hydrogen (secondary N) is 4. The molecule has 4 aliphatic heterocycles. The summed E-state index contributed by atoms with van der Waals surface area (Å²) in [4.78, 5) is 94.0. The number of pyridine rings is 8. The lowest BCUT2D eigenvalue weighted by Gasteiger charge is -2.26. The average Bonchev–Trinajstić information content (AvgIpc) is 1.52. The van der Waals surface area contributed by atoms with Gasteiger partial charge in [-0.1, -0.05) is 0 Å². The minimum atomic E-state index is -0.987. The lowest BCUT2D eigenvalue weighted by atomic mass is 10.0. The van der Waals surface area contributed by atoms with E-state index in [1.54, 1.807) is 102 Å². The van der Waals surface area contributed by atoms with Crippen LogP contribution in [0.4, 0.5) is 63.6 Å². The van der Waals surface area contributed by atoms with Gasteiger partial charge in [0.2, 0.25) is 5.91 Å². The van der Waals surface area contributed by atoms with Gasteiger partial charge in [-0.25, -0.2) is 17.6 Å². The lowest BCUT2D eigenvalue weighted by Crippen LogP contribution is -2.47. The number of rotatable bonds is 17. The molecule has 4 saturated heterocycles. The van der Waals surface area contributed by atoms with Crippen molar-refractivity contribution in [3.8, 4) is 91.5 Å². The van der Waals surface area contributed by atoms with Crippen molar-refractivity contribution >= 4 is 96.1 Å². The molecule has 38 heteroatoms. The number of primary amides is 1. The second-order valence-corrected chi connectivity index (χ2v) is 38.1. The van der Waals surface area contributed by atoms with E-state index >= 15 is 0 Å². The van der Waals surface area contributed by atoms with Crippen molar-refractivity contribution in [1.82, 2.24) is 79.7 Å². The summed E-state index contributed by atoms with van der Waals surface area (Å²) < 4.78 is 82.4. The van der Waals surface area contributed by atoms with Crippen molar-refractivity contribution in [3.05, 3.63) is 239 Å². The highest BCUT2D eigenvalue weighted by Crippen LogP contribution is 2.60. The van der Waals surface area contributed by atoms with Gasteiger partial charge < -0.3 is 88.5 Å². The van der Waals surface area contributed by atoms with E-state index in [2.05, 4.69) is 80.7 Å². The largest absolute Gasteiger partial charge is 0.423 e. The quantitative estimate of drug-likeness (QED) is 0.0382. The number of carbonyl (C=O) groups excluding carboxylic acids is 1. The van der Waals surface area contributed by atoms with E-state index < -0.39 is 11.4 Å². The highest BCUT2D eigenvalue weighted by molar-refractivity contribution is 5.95. The Kier molecular flexibility index (Phi) is 20.0. The van der Waals surface area contributed by atoms with Gasteiger partial charge in [0.1, 0.15) is 52.1 Å². The summed E-state index contributed by atoms with van der Waals surface area (Å²) in [5.41, 5.74) is 52.8. The van der Waals surface area contributed by atoms with E-state index in [1.165, 1.54) is 30.3 Å². The monoisotopic (exact) mass is 1880 g/mol. The second-order valence-electron chi connectivity index (χ2n) is 38.1. The third-order valence-electron chi connectivity index (χ3n) is 29.8. The van der Waals surface area contributed by atoms with Gasteiger partial charge in [-0.2, -0.15) is 39.9 Å². The molecular weight excluding hydrogens is 1790 g/mol. The number of halogens is 4. The molecule has 702 valence electrons. The Labute approximate surface area is 796 Å². The summed E-state index contributed by atoms with van der Waals surface area (Å²) in [5.74, 6) is 4.47. The fourth-order valence-corrected chi connectivity index (χ4v) is 22.2. The molecule has 8 aliphatic carbocycles. The lowest BCUT2D eigenvalue weighted by molar-refractivity contribution is -0.120. The minimum Gasteiger partial charge on any atom is -0.423 e. The minimum absolute atomic E-state index is 0.0583. The Bertz CT molecular complexity index is 7900. The predicted octanol–water partition coefficient (Wildman–Crippen LogP) is 13.0. The van der Waals surface area contributed by atoms with Crippen molar-refractivity contribution in [1.29, 1.82) is 0 Å². The van der Waals surface area contributed by atoms with Gasteiger partial charge in [-0.3, -0.25) is 44.7 Å². The maximum Gasteiger partial charge on any atom is 0.324 e. The first-order valence-corrected chi connectivity index (χ1v) is 46.6. The molecule has 12 aromatic heterocycles. The zero-order chi connectivity index (χ0) is 95.2. The van der Waals surface area contributed by atoms with Gasteiger partial charge in [-0.05, 0) is 179 Å². The van der Waals surface area contributed by atoms with E-state index in [-0.39, 0.29) is 82.2 Å². The van der Waals surface area contributed by atoms with Crippen LogP contribution in [0.15, 0.2) is 171 Å². The van der Waals surface area contributed by atoms with E-state index in [9.17, 15) is 22.4 Å². The Morgan fingerprint density at radius 2 is 0.700 bits per heavy atom. The maximum absolute atomic E-state index is 14.6. The van der Waals surface area contributed by atoms with Crippen molar-refractivity contribution in [2.75, 3.05) is 121 Å². The number of ether oxygens (including phenoxy) is 4. The van der Waals surface area contributed by atoms with Crippen molar-refractivity contribution in [3.63, 3.8) is 0 Å². The summed E-state index contributed by atoms with van der Waals surface area (Å²) in [6, 6.07) is 35.7. The number of nitrogens with two attached hydrogens (primary N) is 5. The van der Waals surface area contributed by atoms with Crippen LogP contribution in [0.3, 0.4) is 0 Å². The molecule has 16 aromatic rings. The third kappa shape index (κ3) is 14.8. The van der Waals surface area contributed by atoms with Crippen molar-refractivity contribution < 1.29 is 41.3 Å². The predicted molar refractivity (Wildman–Crippen MR) is 519 cm³/mol. The van der Waals surface area contributed by atoms with Crippen molar-refractivity contribution in [2.45, 2.75) is 68.1 Å². The summed E-state index contributed by atoms with van der Waals surface area (Å²) in [7, 11) is 7.16. The number of piperidine rings is 3. The normalized spacial score (nSPS) is 21.5. The molecule has 140 heavy (non-hydrogen) atoms. The van der Waals surface area contributed by atoms with Crippen molar-refractivity contribution in [2.24, 2.45) is 63.7 Å². The topological polar surface area (TPSA) is 451 Å². The Balaban J connectivity index is 0.0000000986. The molecule has 4 saturated carbocycles. The number of hydrogen-bond donors (Lipinski definition) is 9. The van der Waals surface area contributed by atoms with Gasteiger partial charge in [-0.15, -0.1) is 0 Å². The number of carbonyl (C=O) groups is 1. The number of fused-ring (bicyclic) bond motifs is 19. The Morgan fingerprint density at radius 1 is 0.386 bits per heavy atom. The summed E-state index contributed by atoms with van der Waals surface area (Å²) in [6.45, 7) is 5.77. The smallest absolute Gasteiger partial charge is 0.324 e. The fourth-order valence-electron chi connectivity index (χ4n) is 22.2. The molecule has 8 fully saturated rings. The number of hydrogen-bond acceptors (Lipinski definition) is 33. The van der Waals surface area contributed by atoms with E-state index in [1.807, 2.05) is 66.7 Å². The van der Waals surface area contributed by atoms with Crippen LogP contribution in [0.5, 0.6) is 47.0 Å². The van der Waals surface area contributed by atoms with Gasteiger partial charge in [0.05, 0.1) is 91.7 Å². The first-order chi connectivity index (χ1) is 68.0. The summed E-state index contributed by atoms with van der Waals surface area (Å²) in [6.07, 6.45) is 18.9. The number of benzene rings is 4. The van der Waals surface area contributed by atoms with Gasteiger partial charge >= 0.3 is 24.0 Å². The van der Waals surface area contributed by atoms with E-state index in [0.717, 1.165) is 208 Å². The average molecular weight is 1880 g/mol. The molecule has 1 amide bonds. The molecule has 12 aliphatic rings. The maximum atomic E-state index is 14.6. The van der Waals surface area contributed by atoms with Gasteiger partial charge in [0, 0.05) is 235 Å². The van der Waals surface area contributed by atoms with Crippen LogP contribution >= 0.6 is 0 Å². The van der Waals surface area contributed by atoms with Crippen LogP contribution in [0, 0.1) is 58.3 Å². The van der Waals surface area contributed by atoms with Crippen LogP contribution in [-0.4, -0.2) is 189 Å². The molecule has 0 radical (unpaired) electrons. The molecule has 8 atom stereocenters. The molecule has 34 nitrogen and oxygen atoms in total. The van der Waals surface area contributed by atoms with Crippen LogP contribution in [0.1, 0.15) is 64.3 Å². The van der Waals surface area contributed by atoms with Gasteiger partial charge in [0.15, 0.2) is 23.0 Å². The van der Waals surface area contributed by atoms with Crippen LogP contribution in [0.25, 0.3) is 88.6 Å². The molecule has 28 rings (SSSR count). The molecule has 0 bridgehead atoms. The Morgan fingerprint density at radius 3 is 0.993 bits per heavy atom. The first kappa shape index (κ1) is 85.7. The highest BCUT2D eigenvalue weighted by atomic mass is 19.1. The molecule has 5 unspecified atom stereocenters. The number of aromatic nitrogens is 16. The summed E-state index contributed by atoms with van der Waals surface area (Å²) in [5, 5.41) is 12.4. The molecule has 4 aromatic carbocycles. The second kappa shape index (κ2) is 32.6. The number of amides is 1. The number of nitrogens with zero attached hydrogens (tertiary/aromatic N) is 20. The van der Waals surface area contributed by atoms with Crippen LogP contribution in [-0.2, 0) is 30.5 Å². The first-order valence-electron chi connectivity index (χ1n) is 46.6. The summed E-state index contributed by atoms with van der Waals surface area (Å²) >= 11 is 0. The third-order valence-corrected chi connectivity index (χ3v) is 29.8.